The van der Waals surface area contributed by atoms with Crippen molar-refractivity contribution in [3.8, 4) is 11.3 Å². The highest BCUT2D eigenvalue weighted by atomic mass is 16.3. The van der Waals surface area contributed by atoms with Gasteiger partial charge in [-0.3, -0.25) is 4.79 Å². The summed E-state index contributed by atoms with van der Waals surface area (Å²) >= 11 is 0. The van der Waals surface area contributed by atoms with Crippen LogP contribution in [-0.2, 0) is 6.54 Å². The molecule has 0 bridgehead atoms. The average Bonchev–Trinajstić information content (AvgIpc) is 3.10. The van der Waals surface area contributed by atoms with Crippen LogP contribution in [-0.4, -0.2) is 13.0 Å². The Bertz CT molecular complexity index is 789. The summed E-state index contributed by atoms with van der Waals surface area (Å²) in [6.07, 6.45) is 0. The number of carbonyl (C=O) groups excluding carboxylic acids is 1. The van der Waals surface area contributed by atoms with E-state index in [9.17, 15) is 4.79 Å². The fourth-order valence-electron chi connectivity index (χ4n) is 2.39. The molecule has 3 rings (SSSR count). The minimum Gasteiger partial charge on any atom is -0.455 e. The van der Waals surface area contributed by atoms with Gasteiger partial charge in [0.1, 0.15) is 11.3 Å². The molecular formula is C21H28N2O2. The summed E-state index contributed by atoms with van der Waals surface area (Å²) in [6.45, 7) is 8.83. The van der Waals surface area contributed by atoms with Crippen LogP contribution in [0.5, 0.6) is 0 Å². The molecule has 3 aromatic rings. The highest BCUT2D eigenvalue weighted by Crippen LogP contribution is 2.29. The molecule has 1 amide bonds. The number of rotatable bonds is 4. The molecule has 0 radical (unpaired) electrons. The van der Waals surface area contributed by atoms with Gasteiger partial charge in [-0.2, -0.15) is 0 Å². The van der Waals surface area contributed by atoms with Crippen molar-refractivity contribution in [2.75, 3.05) is 7.05 Å². The predicted octanol–water partition coefficient (Wildman–Crippen LogP) is 4.97. The van der Waals surface area contributed by atoms with E-state index in [1.165, 1.54) is 5.56 Å². The van der Waals surface area contributed by atoms with Crippen molar-refractivity contribution in [3.05, 3.63) is 59.7 Å². The van der Waals surface area contributed by atoms with Crippen LogP contribution >= 0.6 is 0 Å². The van der Waals surface area contributed by atoms with Crippen LogP contribution in [0.3, 0.4) is 0 Å². The molecule has 1 heterocycles. The molecule has 0 aliphatic heterocycles. The number of nitrogens with two attached hydrogens (primary N) is 1. The number of furan rings is 1. The van der Waals surface area contributed by atoms with Gasteiger partial charge in [-0.1, -0.05) is 64.1 Å². The maximum atomic E-state index is 11.4. The monoisotopic (exact) mass is 340 g/mol. The number of nitrogens with one attached hydrogen (secondary N) is 1. The van der Waals surface area contributed by atoms with Crippen LogP contribution in [0.4, 0.5) is 0 Å². The van der Waals surface area contributed by atoms with Crippen molar-refractivity contribution >= 4 is 16.9 Å². The Morgan fingerprint density at radius 2 is 1.68 bits per heavy atom. The molecule has 4 nitrogen and oxygen atoms in total. The van der Waals surface area contributed by atoms with Crippen molar-refractivity contribution in [3.63, 3.8) is 0 Å². The van der Waals surface area contributed by atoms with Gasteiger partial charge in [-0.25, -0.2) is 0 Å². The van der Waals surface area contributed by atoms with E-state index in [-0.39, 0.29) is 0 Å². The average molecular weight is 340 g/mol. The van der Waals surface area contributed by atoms with E-state index in [0.29, 0.717) is 11.1 Å². The Morgan fingerprint density at radius 3 is 2.24 bits per heavy atom. The van der Waals surface area contributed by atoms with Gasteiger partial charge in [0.15, 0.2) is 0 Å². The van der Waals surface area contributed by atoms with Crippen LogP contribution < -0.4 is 11.1 Å². The zero-order valence-electron chi connectivity index (χ0n) is 15.7. The molecular weight excluding hydrogens is 312 g/mol. The second-order valence-electron chi connectivity index (χ2n) is 4.93. The quantitative estimate of drug-likeness (QED) is 0.704. The van der Waals surface area contributed by atoms with Gasteiger partial charge < -0.3 is 15.5 Å². The van der Waals surface area contributed by atoms with E-state index in [1.807, 2.05) is 71.1 Å². The van der Waals surface area contributed by atoms with Crippen LogP contribution in [0, 0.1) is 0 Å². The first-order valence-corrected chi connectivity index (χ1v) is 8.75. The zero-order valence-corrected chi connectivity index (χ0v) is 15.7. The third-order valence-electron chi connectivity index (χ3n) is 3.43. The lowest BCUT2D eigenvalue weighted by atomic mass is 10.1. The summed E-state index contributed by atoms with van der Waals surface area (Å²) < 4.78 is 5.83. The smallest absolute Gasteiger partial charge is 0.252 e. The number of benzene rings is 2. The molecule has 3 N–H and O–H groups in total. The molecule has 25 heavy (non-hydrogen) atoms. The predicted molar refractivity (Wildman–Crippen MR) is 106 cm³/mol. The molecule has 0 aliphatic carbocycles. The molecule has 2 aromatic carbocycles. The minimum atomic E-state index is -0.481. The van der Waals surface area contributed by atoms with Crippen LogP contribution in [0.1, 0.15) is 43.6 Å². The van der Waals surface area contributed by atoms with Gasteiger partial charge in [-0.15, -0.1) is 0 Å². The second-order valence-corrected chi connectivity index (χ2v) is 4.93. The van der Waals surface area contributed by atoms with Gasteiger partial charge in [0.2, 0.25) is 0 Å². The highest BCUT2D eigenvalue weighted by molar-refractivity contribution is 6.04. The molecule has 0 fully saturated rings. The number of para-hydroxylation sites is 1. The third kappa shape index (κ3) is 4.94. The van der Waals surface area contributed by atoms with E-state index in [1.54, 1.807) is 12.1 Å². The lowest BCUT2D eigenvalue weighted by molar-refractivity contribution is 0.100. The maximum Gasteiger partial charge on any atom is 0.252 e. The van der Waals surface area contributed by atoms with Crippen molar-refractivity contribution in [1.29, 1.82) is 0 Å². The summed E-state index contributed by atoms with van der Waals surface area (Å²) in [5, 5.41) is 3.99. The third-order valence-corrected chi connectivity index (χ3v) is 3.43. The van der Waals surface area contributed by atoms with Gasteiger partial charge in [0.25, 0.3) is 5.91 Å². The molecule has 4 heteroatoms. The Kier molecular flexibility index (Phi) is 8.44. The zero-order chi connectivity index (χ0) is 18.8. The van der Waals surface area contributed by atoms with E-state index in [0.717, 1.165) is 23.3 Å². The first kappa shape index (κ1) is 20.5. The van der Waals surface area contributed by atoms with Gasteiger partial charge in [-0.05, 0) is 24.7 Å². The van der Waals surface area contributed by atoms with E-state index >= 15 is 0 Å². The summed E-state index contributed by atoms with van der Waals surface area (Å²) in [7, 11) is 1.92. The van der Waals surface area contributed by atoms with Crippen molar-refractivity contribution < 1.29 is 9.21 Å². The van der Waals surface area contributed by atoms with Crippen molar-refractivity contribution in [2.45, 2.75) is 34.2 Å². The topological polar surface area (TPSA) is 68.3 Å². The molecule has 0 unspecified atom stereocenters. The standard InChI is InChI=1S/C17H16N2O2.2C2H6/c1-19-10-11-5-7-12(8-6-11)15-9-13-3-2-4-14(17(18)20)16(13)21-15;2*1-2/h2-9,19H,10H2,1H3,(H2,18,20);2*1-2H3. The Hall–Kier alpha value is -2.59. The first-order valence-electron chi connectivity index (χ1n) is 8.75. The fourth-order valence-corrected chi connectivity index (χ4v) is 2.39. The lowest BCUT2D eigenvalue weighted by Gasteiger charge is -2.01. The molecule has 0 saturated carbocycles. The van der Waals surface area contributed by atoms with Crippen LogP contribution in [0.2, 0.25) is 0 Å². The lowest BCUT2D eigenvalue weighted by Crippen LogP contribution is -2.10. The largest absolute Gasteiger partial charge is 0.455 e. The van der Waals surface area contributed by atoms with E-state index in [4.69, 9.17) is 10.2 Å². The molecule has 0 aliphatic rings. The van der Waals surface area contributed by atoms with Crippen LogP contribution in [0.25, 0.3) is 22.3 Å². The molecule has 0 spiro atoms. The maximum absolute atomic E-state index is 11.4. The fraction of sp³-hybridized carbons (Fsp3) is 0.286. The number of primary amides is 1. The SMILES string of the molecule is CC.CC.CNCc1ccc(-c2cc3cccc(C(N)=O)c3o2)cc1. The summed E-state index contributed by atoms with van der Waals surface area (Å²) in [4.78, 5) is 11.4. The second kappa shape index (κ2) is 10.3. The van der Waals surface area contributed by atoms with Gasteiger partial charge >= 0.3 is 0 Å². The Labute approximate surface area is 150 Å². The summed E-state index contributed by atoms with van der Waals surface area (Å²) in [6, 6.07) is 15.4. The van der Waals surface area contributed by atoms with E-state index in [2.05, 4.69) is 5.32 Å². The molecule has 1 aromatic heterocycles. The number of amides is 1. The molecule has 0 saturated heterocycles. The Morgan fingerprint density at radius 1 is 1.04 bits per heavy atom. The van der Waals surface area contributed by atoms with Gasteiger partial charge in [0.05, 0.1) is 5.56 Å². The minimum absolute atomic E-state index is 0.408. The van der Waals surface area contributed by atoms with E-state index < -0.39 is 5.91 Å². The first-order chi connectivity index (χ1) is 12.2. The van der Waals surface area contributed by atoms with Crippen molar-refractivity contribution in [1.82, 2.24) is 5.32 Å². The number of hydrogen-bond donors (Lipinski definition) is 2. The number of hydrogen-bond acceptors (Lipinski definition) is 3. The number of fused-ring (bicyclic) bond motifs is 1. The summed E-state index contributed by atoms with van der Waals surface area (Å²) in [5.41, 5.74) is 8.50. The Balaban J connectivity index is 0.000000730. The normalized spacial score (nSPS) is 9.64. The highest BCUT2D eigenvalue weighted by Gasteiger charge is 2.12. The van der Waals surface area contributed by atoms with Crippen LogP contribution in [0.15, 0.2) is 52.9 Å². The van der Waals surface area contributed by atoms with Gasteiger partial charge in [0, 0.05) is 17.5 Å². The molecule has 0 atom stereocenters. The number of carbonyl (C=O) groups is 1. The molecule has 134 valence electrons. The van der Waals surface area contributed by atoms with Crippen molar-refractivity contribution in [2.24, 2.45) is 5.73 Å². The summed E-state index contributed by atoms with van der Waals surface area (Å²) in [5.74, 6) is 0.251.